The number of nitrogens with one attached hydrogen (secondary N) is 1. The first-order valence-electron chi connectivity index (χ1n) is 9.46. The molecule has 7 heteroatoms. The molecule has 0 heterocycles. The van der Waals surface area contributed by atoms with Crippen molar-refractivity contribution in [1.29, 1.82) is 0 Å². The largest absolute Gasteiger partial charge is 0.355 e. The number of hydrogen-bond donors (Lipinski definition) is 1. The molecule has 0 aromatic heterocycles. The van der Waals surface area contributed by atoms with E-state index < -0.39 is 6.04 Å². The highest BCUT2D eigenvalue weighted by Gasteiger charge is 2.26. The van der Waals surface area contributed by atoms with Crippen LogP contribution in [0.3, 0.4) is 0 Å². The van der Waals surface area contributed by atoms with Crippen LogP contribution >= 0.6 is 35.0 Å². The maximum Gasteiger partial charge on any atom is 0.242 e. The van der Waals surface area contributed by atoms with E-state index in [0.717, 1.165) is 16.7 Å². The van der Waals surface area contributed by atoms with E-state index in [0.29, 0.717) is 28.9 Å². The lowest BCUT2D eigenvalue weighted by Crippen LogP contribution is -2.48. The standard InChI is InChI=1S/C22H26Cl2N2O2S/c1-4-25-22(28)16(3)26(12-18-8-6-5-7-15(18)2)21(27)14-29-13-17-9-10-19(23)20(24)11-17/h5-11,16H,4,12-14H2,1-3H3,(H,25,28)/t16-/m0/s1. The monoisotopic (exact) mass is 452 g/mol. The predicted octanol–water partition coefficient (Wildman–Crippen LogP) is 5.09. The van der Waals surface area contributed by atoms with Crippen molar-refractivity contribution in [3.05, 3.63) is 69.2 Å². The highest BCUT2D eigenvalue weighted by Crippen LogP contribution is 2.25. The summed E-state index contributed by atoms with van der Waals surface area (Å²) < 4.78 is 0. The van der Waals surface area contributed by atoms with Crippen LogP contribution in [0.4, 0.5) is 0 Å². The smallest absolute Gasteiger partial charge is 0.242 e. The molecule has 0 bridgehead atoms. The molecule has 0 spiro atoms. The maximum atomic E-state index is 13.0. The zero-order chi connectivity index (χ0) is 21.4. The minimum absolute atomic E-state index is 0.0722. The molecule has 4 nitrogen and oxygen atoms in total. The SMILES string of the molecule is CCNC(=O)[C@H](C)N(Cc1ccccc1C)C(=O)CSCc1ccc(Cl)c(Cl)c1. The Morgan fingerprint density at radius 1 is 1.14 bits per heavy atom. The molecular weight excluding hydrogens is 427 g/mol. The number of likely N-dealkylation sites (N-methyl/N-ethyl adjacent to an activating group) is 1. The Bertz CT molecular complexity index is 860. The van der Waals surface area contributed by atoms with Gasteiger partial charge >= 0.3 is 0 Å². The summed E-state index contributed by atoms with van der Waals surface area (Å²) in [7, 11) is 0. The van der Waals surface area contributed by atoms with E-state index >= 15 is 0 Å². The molecule has 0 unspecified atom stereocenters. The molecule has 0 aliphatic rings. The lowest BCUT2D eigenvalue weighted by atomic mass is 10.1. The molecule has 156 valence electrons. The van der Waals surface area contributed by atoms with E-state index in [1.807, 2.05) is 50.2 Å². The highest BCUT2D eigenvalue weighted by atomic mass is 35.5. The lowest BCUT2D eigenvalue weighted by Gasteiger charge is -2.29. The summed E-state index contributed by atoms with van der Waals surface area (Å²) in [6, 6.07) is 12.8. The minimum Gasteiger partial charge on any atom is -0.355 e. The fraction of sp³-hybridized carbons (Fsp3) is 0.364. The van der Waals surface area contributed by atoms with Gasteiger partial charge in [0.25, 0.3) is 0 Å². The van der Waals surface area contributed by atoms with Crippen molar-refractivity contribution in [2.45, 2.75) is 39.1 Å². The molecule has 29 heavy (non-hydrogen) atoms. The van der Waals surface area contributed by atoms with Crippen LogP contribution in [-0.2, 0) is 21.9 Å². The van der Waals surface area contributed by atoms with E-state index in [-0.39, 0.29) is 17.6 Å². The zero-order valence-electron chi connectivity index (χ0n) is 16.9. The van der Waals surface area contributed by atoms with Gasteiger partial charge in [-0.25, -0.2) is 0 Å². The first-order chi connectivity index (χ1) is 13.8. The molecule has 0 aliphatic carbocycles. The van der Waals surface area contributed by atoms with Crippen molar-refractivity contribution < 1.29 is 9.59 Å². The Labute approximate surface area is 187 Å². The molecule has 0 saturated heterocycles. The third kappa shape index (κ3) is 6.95. The molecule has 1 N–H and O–H groups in total. The average Bonchev–Trinajstić information content (AvgIpc) is 2.69. The normalized spacial score (nSPS) is 11.8. The van der Waals surface area contributed by atoms with Crippen molar-refractivity contribution in [2.24, 2.45) is 0 Å². The van der Waals surface area contributed by atoms with Gasteiger partial charge in [0.2, 0.25) is 11.8 Å². The predicted molar refractivity (Wildman–Crippen MR) is 122 cm³/mol. The maximum absolute atomic E-state index is 13.0. The fourth-order valence-corrected chi connectivity index (χ4v) is 4.02. The number of thioether (sulfide) groups is 1. The van der Waals surface area contributed by atoms with E-state index in [1.54, 1.807) is 17.9 Å². The quantitative estimate of drug-likeness (QED) is 0.576. The third-order valence-corrected chi connectivity index (χ3v) is 6.33. The molecule has 0 radical (unpaired) electrons. The van der Waals surface area contributed by atoms with Gasteiger partial charge in [-0.1, -0.05) is 53.5 Å². The van der Waals surface area contributed by atoms with Gasteiger partial charge in [-0.05, 0) is 49.6 Å². The second kappa shape index (κ2) is 11.5. The molecule has 2 aromatic rings. The van der Waals surface area contributed by atoms with Crippen molar-refractivity contribution in [3.63, 3.8) is 0 Å². The van der Waals surface area contributed by atoms with Crippen LogP contribution in [0.15, 0.2) is 42.5 Å². The summed E-state index contributed by atoms with van der Waals surface area (Å²) in [5.74, 6) is 0.688. The Hall–Kier alpha value is -1.69. The van der Waals surface area contributed by atoms with Crippen LogP contribution in [0.25, 0.3) is 0 Å². The third-order valence-electron chi connectivity index (χ3n) is 4.60. The number of hydrogen-bond acceptors (Lipinski definition) is 3. The van der Waals surface area contributed by atoms with Crippen molar-refractivity contribution >= 4 is 46.8 Å². The summed E-state index contributed by atoms with van der Waals surface area (Å²) in [5, 5.41) is 3.82. The number of halogens is 2. The zero-order valence-corrected chi connectivity index (χ0v) is 19.2. The Morgan fingerprint density at radius 2 is 1.86 bits per heavy atom. The molecule has 0 fully saturated rings. The Balaban J connectivity index is 2.07. The highest BCUT2D eigenvalue weighted by molar-refractivity contribution is 7.99. The Morgan fingerprint density at radius 3 is 2.52 bits per heavy atom. The number of nitrogens with zero attached hydrogens (tertiary/aromatic N) is 1. The van der Waals surface area contributed by atoms with E-state index in [4.69, 9.17) is 23.2 Å². The summed E-state index contributed by atoms with van der Waals surface area (Å²) in [6.07, 6.45) is 0. The lowest BCUT2D eigenvalue weighted by molar-refractivity contribution is -0.138. The topological polar surface area (TPSA) is 49.4 Å². The minimum atomic E-state index is -0.548. The van der Waals surface area contributed by atoms with Gasteiger partial charge in [0.05, 0.1) is 15.8 Å². The number of aryl methyl sites for hydroxylation is 1. The molecule has 0 aliphatic heterocycles. The second-order valence-corrected chi connectivity index (χ2v) is 8.56. The molecular formula is C22H26Cl2N2O2S. The van der Waals surface area contributed by atoms with Crippen LogP contribution in [0.1, 0.15) is 30.5 Å². The van der Waals surface area contributed by atoms with Gasteiger partial charge in [-0.2, -0.15) is 0 Å². The summed E-state index contributed by atoms with van der Waals surface area (Å²) in [4.78, 5) is 27.0. The van der Waals surface area contributed by atoms with Crippen molar-refractivity contribution in [2.75, 3.05) is 12.3 Å². The van der Waals surface area contributed by atoms with Gasteiger partial charge in [0.15, 0.2) is 0 Å². The van der Waals surface area contributed by atoms with Gasteiger partial charge < -0.3 is 10.2 Å². The van der Waals surface area contributed by atoms with Gasteiger partial charge in [0.1, 0.15) is 6.04 Å². The Kier molecular flexibility index (Phi) is 9.34. The average molecular weight is 453 g/mol. The van der Waals surface area contributed by atoms with Gasteiger partial charge in [-0.15, -0.1) is 11.8 Å². The summed E-state index contributed by atoms with van der Waals surface area (Å²) in [6.45, 7) is 6.57. The van der Waals surface area contributed by atoms with Gasteiger partial charge in [-0.3, -0.25) is 9.59 Å². The van der Waals surface area contributed by atoms with Crippen LogP contribution in [0.5, 0.6) is 0 Å². The number of amides is 2. The van der Waals surface area contributed by atoms with E-state index in [2.05, 4.69) is 5.32 Å². The van der Waals surface area contributed by atoms with Crippen LogP contribution in [0, 0.1) is 6.92 Å². The van der Waals surface area contributed by atoms with Crippen molar-refractivity contribution in [1.82, 2.24) is 10.2 Å². The van der Waals surface area contributed by atoms with Gasteiger partial charge in [0, 0.05) is 18.8 Å². The number of carbonyl (C=O) groups excluding carboxylic acids is 2. The molecule has 2 amide bonds. The van der Waals surface area contributed by atoms with E-state index in [1.165, 1.54) is 11.8 Å². The number of rotatable bonds is 9. The fourth-order valence-electron chi connectivity index (χ4n) is 2.84. The van der Waals surface area contributed by atoms with Crippen LogP contribution < -0.4 is 5.32 Å². The van der Waals surface area contributed by atoms with Crippen LogP contribution in [-0.4, -0.2) is 35.1 Å². The second-order valence-electron chi connectivity index (χ2n) is 6.76. The van der Waals surface area contributed by atoms with E-state index in [9.17, 15) is 9.59 Å². The summed E-state index contributed by atoms with van der Waals surface area (Å²) in [5.41, 5.74) is 3.13. The molecule has 1 atom stereocenters. The first kappa shape index (κ1) is 23.6. The molecule has 0 saturated carbocycles. The van der Waals surface area contributed by atoms with Crippen LogP contribution in [0.2, 0.25) is 10.0 Å². The van der Waals surface area contributed by atoms with Crippen molar-refractivity contribution in [3.8, 4) is 0 Å². The first-order valence-corrected chi connectivity index (χ1v) is 11.4. The molecule has 2 rings (SSSR count). The number of carbonyl (C=O) groups is 2. The summed E-state index contributed by atoms with van der Waals surface area (Å²) >= 11 is 13.5. The number of benzene rings is 2. The molecule has 2 aromatic carbocycles.